The van der Waals surface area contributed by atoms with Crippen LogP contribution in [0.15, 0.2) is 48.5 Å². The Morgan fingerprint density at radius 1 is 1.11 bits per heavy atom. The summed E-state index contributed by atoms with van der Waals surface area (Å²) >= 11 is 0. The molecular formula is C22H31FN4O+2. The highest BCUT2D eigenvalue weighted by molar-refractivity contribution is 5.94. The van der Waals surface area contributed by atoms with E-state index < -0.39 is 5.82 Å². The van der Waals surface area contributed by atoms with Crippen LogP contribution in [-0.4, -0.2) is 59.8 Å². The lowest BCUT2D eigenvalue weighted by molar-refractivity contribution is -1.02. The normalized spacial score (nSPS) is 20.4. The van der Waals surface area contributed by atoms with Gasteiger partial charge in [-0.2, -0.15) is 0 Å². The number of nitrogens with zero attached hydrogens (tertiary/aromatic N) is 1. The van der Waals surface area contributed by atoms with Crippen molar-refractivity contribution in [1.29, 1.82) is 0 Å². The van der Waals surface area contributed by atoms with Gasteiger partial charge in [0.2, 0.25) is 0 Å². The molecule has 5 nitrogen and oxygen atoms in total. The smallest absolute Gasteiger partial charge is 0.251 e. The number of benzene rings is 2. The number of hydrogen-bond acceptors (Lipinski definition) is 2. The summed E-state index contributed by atoms with van der Waals surface area (Å²) in [6, 6.07) is 14.6. The minimum atomic E-state index is -0.392. The molecule has 1 fully saturated rings. The van der Waals surface area contributed by atoms with E-state index in [1.54, 1.807) is 17.0 Å². The molecule has 2 aromatic rings. The van der Waals surface area contributed by atoms with Crippen LogP contribution in [0.25, 0.3) is 0 Å². The first-order valence-electron chi connectivity index (χ1n) is 9.91. The summed E-state index contributed by atoms with van der Waals surface area (Å²) in [7, 11) is 6.28. The van der Waals surface area contributed by atoms with E-state index in [4.69, 9.17) is 0 Å². The molecule has 28 heavy (non-hydrogen) atoms. The maximum absolute atomic E-state index is 13.4. The van der Waals surface area contributed by atoms with Crippen molar-refractivity contribution < 1.29 is 19.0 Å². The molecule has 3 N–H and O–H groups in total. The van der Waals surface area contributed by atoms with Crippen LogP contribution < -0.4 is 20.0 Å². The number of likely N-dealkylation sites (N-methyl/N-ethyl adjacent to an activating group) is 1. The molecule has 3 rings (SSSR count). The third kappa shape index (κ3) is 5.09. The molecule has 2 aromatic carbocycles. The van der Waals surface area contributed by atoms with E-state index in [0.29, 0.717) is 12.1 Å². The van der Waals surface area contributed by atoms with Crippen molar-refractivity contribution in [3.63, 3.8) is 0 Å². The van der Waals surface area contributed by atoms with Gasteiger partial charge in [-0.15, -0.1) is 0 Å². The van der Waals surface area contributed by atoms with Gasteiger partial charge in [0.15, 0.2) is 0 Å². The molecule has 1 aliphatic heterocycles. The van der Waals surface area contributed by atoms with Gasteiger partial charge in [-0.05, 0) is 30.3 Å². The highest BCUT2D eigenvalue weighted by Crippen LogP contribution is 2.16. The summed E-state index contributed by atoms with van der Waals surface area (Å²) in [5, 5.41) is 3.03. The SMILES string of the molecule is CN(C)c1ccc([C@H](CNC(=O)c2cccc(F)c2)[NH+]2CC[NH+](C)CC2)cc1. The Kier molecular flexibility index (Phi) is 6.65. The topological polar surface area (TPSA) is 41.2 Å². The molecule has 1 amide bonds. The average molecular weight is 387 g/mol. The first-order valence-corrected chi connectivity index (χ1v) is 9.91. The van der Waals surface area contributed by atoms with E-state index in [-0.39, 0.29) is 11.9 Å². The van der Waals surface area contributed by atoms with Gasteiger partial charge in [-0.1, -0.05) is 18.2 Å². The Balaban J connectivity index is 1.75. The molecule has 1 heterocycles. The highest BCUT2D eigenvalue weighted by Gasteiger charge is 2.29. The Labute approximate surface area is 166 Å². The summed E-state index contributed by atoms with van der Waals surface area (Å²) in [6.45, 7) is 4.92. The Bertz CT molecular complexity index is 785. The number of carbonyl (C=O) groups is 1. The van der Waals surface area contributed by atoms with Gasteiger partial charge in [0.25, 0.3) is 5.91 Å². The van der Waals surface area contributed by atoms with Gasteiger partial charge in [0, 0.05) is 30.9 Å². The Morgan fingerprint density at radius 3 is 2.39 bits per heavy atom. The van der Waals surface area contributed by atoms with Crippen molar-refractivity contribution in [3.05, 3.63) is 65.5 Å². The van der Waals surface area contributed by atoms with Crippen molar-refractivity contribution in [3.8, 4) is 0 Å². The molecule has 1 atom stereocenters. The largest absolute Gasteiger partial charge is 0.378 e. The minimum Gasteiger partial charge on any atom is -0.378 e. The molecule has 0 radical (unpaired) electrons. The highest BCUT2D eigenvalue weighted by atomic mass is 19.1. The van der Waals surface area contributed by atoms with Crippen molar-refractivity contribution in [2.75, 3.05) is 58.8 Å². The fraction of sp³-hybridized carbons (Fsp3) is 0.409. The maximum Gasteiger partial charge on any atom is 0.251 e. The number of quaternary nitrogens is 2. The van der Waals surface area contributed by atoms with Crippen LogP contribution in [0, 0.1) is 5.82 Å². The molecule has 0 unspecified atom stereocenters. The lowest BCUT2D eigenvalue weighted by atomic mass is 10.0. The summed E-state index contributed by atoms with van der Waals surface area (Å²) in [5.74, 6) is -0.621. The third-order valence-corrected chi connectivity index (χ3v) is 5.60. The van der Waals surface area contributed by atoms with E-state index in [1.165, 1.54) is 22.6 Å². The van der Waals surface area contributed by atoms with Crippen molar-refractivity contribution in [2.24, 2.45) is 0 Å². The summed E-state index contributed by atoms with van der Waals surface area (Å²) in [6.07, 6.45) is 0. The average Bonchev–Trinajstić information content (AvgIpc) is 2.69. The quantitative estimate of drug-likeness (QED) is 0.642. The number of rotatable bonds is 6. The lowest BCUT2D eigenvalue weighted by Crippen LogP contribution is -3.27. The van der Waals surface area contributed by atoms with E-state index in [2.05, 4.69) is 41.5 Å². The Morgan fingerprint density at radius 2 is 1.79 bits per heavy atom. The van der Waals surface area contributed by atoms with Crippen molar-refractivity contribution in [1.82, 2.24) is 5.32 Å². The summed E-state index contributed by atoms with van der Waals surface area (Å²) in [4.78, 5) is 17.6. The van der Waals surface area contributed by atoms with E-state index in [0.717, 1.165) is 31.9 Å². The van der Waals surface area contributed by atoms with Gasteiger partial charge in [0.1, 0.15) is 38.0 Å². The summed E-state index contributed by atoms with van der Waals surface area (Å²) < 4.78 is 13.4. The molecular weight excluding hydrogens is 355 g/mol. The van der Waals surface area contributed by atoms with Gasteiger partial charge < -0.3 is 20.0 Å². The zero-order chi connectivity index (χ0) is 20.1. The van der Waals surface area contributed by atoms with E-state index in [9.17, 15) is 9.18 Å². The number of nitrogens with one attached hydrogen (secondary N) is 3. The van der Waals surface area contributed by atoms with Crippen LogP contribution in [-0.2, 0) is 0 Å². The Hall–Kier alpha value is -2.44. The zero-order valence-electron chi connectivity index (χ0n) is 17.0. The molecule has 1 saturated heterocycles. The zero-order valence-corrected chi connectivity index (χ0v) is 17.0. The van der Waals surface area contributed by atoms with Gasteiger partial charge in [0.05, 0.1) is 13.6 Å². The standard InChI is InChI=1S/C22H29FN4O/c1-25(2)20-9-7-17(8-10-20)21(27-13-11-26(3)12-14-27)16-24-22(28)18-5-4-6-19(23)15-18/h4-10,15,21H,11-14,16H2,1-3H3,(H,24,28)/p+2/t21-/m0/s1. The molecule has 0 aliphatic carbocycles. The number of anilines is 1. The fourth-order valence-electron chi connectivity index (χ4n) is 3.78. The van der Waals surface area contributed by atoms with E-state index >= 15 is 0 Å². The molecule has 1 aliphatic rings. The fourth-order valence-corrected chi connectivity index (χ4v) is 3.78. The summed E-state index contributed by atoms with van der Waals surface area (Å²) in [5.41, 5.74) is 2.74. The minimum absolute atomic E-state index is 0.182. The van der Waals surface area contributed by atoms with Gasteiger partial charge in [-0.25, -0.2) is 4.39 Å². The predicted octanol–water partition coefficient (Wildman–Crippen LogP) is -0.224. The van der Waals surface area contributed by atoms with Crippen molar-refractivity contribution >= 4 is 11.6 Å². The number of carbonyl (C=O) groups excluding carboxylic acids is 1. The predicted molar refractivity (Wildman–Crippen MR) is 110 cm³/mol. The van der Waals surface area contributed by atoms with E-state index in [1.807, 2.05) is 14.1 Å². The second-order valence-corrected chi connectivity index (χ2v) is 7.87. The molecule has 150 valence electrons. The monoisotopic (exact) mass is 386 g/mol. The van der Waals surface area contributed by atoms with Crippen molar-refractivity contribution in [2.45, 2.75) is 6.04 Å². The van der Waals surface area contributed by atoms with Crippen LogP contribution in [0.4, 0.5) is 10.1 Å². The van der Waals surface area contributed by atoms with Crippen LogP contribution in [0.2, 0.25) is 0 Å². The second-order valence-electron chi connectivity index (χ2n) is 7.87. The van der Waals surface area contributed by atoms with Crippen LogP contribution in [0.3, 0.4) is 0 Å². The third-order valence-electron chi connectivity index (χ3n) is 5.60. The number of piperazine rings is 1. The second kappa shape index (κ2) is 9.17. The van der Waals surface area contributed by atoms with Gasteiger partial charge >= 0.3 is 0 Å². The number of halogens is 1. The van der Waals surface area contributed by atoms with Crippen LogP contribution in [0.5, 0.6) is 0 Å². The first kappa shape index (κ1) is 20.3. The molecule has 0 bridgehead atoms. The molecule has 0 spiro atoms. The lowest BCUT2D eigenvalue weighted by Gasteiger charge is -2.33. The van der Waals surface area contributed by atoms with Gasteiger partial charge in [-0.3, -0.25) is 4.79 Å². The molecule has 0 aromatic heterocycles. The molecule has 6 heteroatoms. The first-order chi connectivity index (χ1) is 13.4. The van der Waals surface area contributed by atoms with Crippen LogP contribution in [0.1, 0.15) is 22.0 Å². The number of amides is 1. The maximum atomic E-state index is 13.4. The number of hydrogen-bond donors (Lipinski definition) is 3. The molecule has 0 saturated carbocycles. The van der Waals surface area contributed by atoms with Crippen LogP contribution >= 0.6 is 0 Å².